The van der Waals surface area contributed by atoms with Crippen molar-refractivity contribution < 1.29 is 9.53 Å². The SMILES string of the molecule is COc1ccc(Nc2cncc(C(=O)Nc3cccc(Cl)c3C)c2)cc1. The number of halogens is 1. The lowest BCUT2D eigenvalue weighted by Gasteiger charge is -2.11. The summed E-state index contributed by atoms with van der Waals surface area (Å²) in [5.41, 5.74) is 3.53. The summed E-state index contributed by atoms with van der Waals surface area (Å²) < 4.78 is 5.14. The molecule has 0 saturated carbocycles. The highest BCUT2D eigenvalue weighted by Gasteiger charge is 2.10. The normalized spacial score (nSPS) is 10.3. The lowest BCUT2D eigenvalue weighted by molar-refractivity contribution is 0.102. The van der Waals surface area contributed by atoms with Crippen molar-refractivity contribution in [2.75, 3.05) is 17.7 Å². The molecule has 0 aliphatic carbocycles. The van der Waals surface area contributed by atoms with Crippen molar-refractivity contribution in [2.24, 2.45) is 0 Å². The Morgan fingerprint density at radius 2 is 1.85 bits per heavy atom. The van der Waals surface area contributed by atoms with Gasteiger partial charge in [-0.1, -0.05) is 17.7 Å². The highest BCUT2D eigenvalue weighted by molar-refractivity contribution is 6.31. The zero-order valence-electron chi connectivity index (χ0n) is 14.4. The third kappa shape index (κ3) is 4.13. The van der Waals surface area contributed by atoms with Gasteiger partial charge in [0.2, 0.25) is 0 Å². The molecule has 2 aromatic carbocycles. The largest absolute Gasteiger partial charge is 0.497 e. The Labute approximate surface area is 157 Å². The molecule has 26 heavy (non-hydrogen) atoms. The predicted molar refractivity (Wildman–Crippen MR) is 105 cm³/mol. The summed E-state index contributed by atoms with van der Waals surface area (Å²) in [5.74, 6) is 0.528. The molecule has 0 fully saturated rings. The molecule has 6 heteroatoms. The summed E-state index contributed by atoms with van der Waals surface area (Å²) in [6, 6.07) is 14.6. The van der Waals surface area contributed by atoms with Crippen LogP contribution in [0.25, 0.3) is 0 Å². The fourth-order valence-electron chi connectivity index (χ4n) is 2.41. The number of anilines is 3. The van der Waals surface area contributed by atoms with Crippen LogP contribution in [0.5, 0.6) is 5.75 Å². The first-order chi connectivity index (χ1) is 12.6. The van der Waals surface area contributed by atoms with Crippen molar-refractivity contribution in [3.63, 3.8) is 0 Å². The maximum absolute atomic E-state index is 12.5. The van der Waals surface area contributed by atoms with E-state index >= 15 is 0 Å². The van der Waals surface area contributed by atoms with Crippen molar-refractivity contribution in [2.45, 2.75) is 6.92 Å². The van der Waals surface area contributed by atoms with E-state index in [0.717, 1.165) is 17.0 Å². The van der Waals surface area contributed by atoms with Crippen molar-refractivity contribution in [1.82, 2.24) is 4.98 Å². The van der Waals surface area contributed by atoms with E-state index in [0.29, 0.717) is 22.0 Å². The van der Waals surface area contributed by atoms with Gasteiger partial charge in [0.25, 0.3) is 5.91 Å². The summed E-state index contributed by atoms with van der Waals surface area (Å²) in [4.78, 5) is 16.7. The van der Waals surface area contributed by atoms with Gasteiger partial charge < -0.3 is 15.4 Å². The molecule has 5 nitrogen and oxygen atoms in total. The minimum absolute atomic E-state index is 0.249. The second kappa shape index (κ2) is 7.89. The molecule has 0 atom stereocenters. The molecule has 3 aromatic rings. The second-order valence-electron chi connectivity index (χ2n) is 5.68. The summed E-state index contributed by atoms with van der Waals surface area (Å²) in [7, 11) is 1.62. The van der Waals surface area contributed by atoms with Gasteiger partial charge in [-0.05, 0) is 55.0 Å². The summed E-state index contributed by atoms with van der Waals surface area (Å²) in [5, 5.41) is 6.69. The van der Waals surface area contributed by atoms with Gasteiger partial charge in [-0.25, -0.2) is 0 Å². The zero-order chi connectivity index (χ0) is 18.5. The highest BCUT2D eigenvalue weighted by atomic mass is 35.5. The van der Waals surface area contributed by atoms with Crippen LogP contribution in [0.2, 0.25) is 5.02 Å². The molecule has 0 bridgehead atoms. The average Bonchev–Trinajstić information content (AvgIpc) is 2.66. The van der Waals surface area contributed by atoms with E-state index < -0.39 is 0 Å². The van der Waals surface area contributed by atoms with E-state index in [1.807, 2.05) is 37.3 Å². The number of hydrogen-bond donors (Lipinski definition) is 2. The number of ether oxygens (including phenoxy) is 1. The number of carbonyl (C=O) groups is 1. The summed E-state index contributed by atoms with van der Waals surface area (Å²) in [6.07, 6.45) is 3.18. The maximum atomic E-state index is 12.5. The van der Waals surface area contributed by atoms with Gasteiger partial charge in [0.1, 0.15) is 5.75 Å². The number of nitrogens with zero attached hydrogens (tertiary/aromatic N) is 1. The smallest absolute Gasteiger partial charge is 0.257 e. The van der Waals surface area contributed by atoms with E-state index in [1.165, 1.54) is 6.20 Å². The number of nitrogens with one attached hydrogen (secondary N) is 2. The minimum Gasteiger partial charge on any atom is -0.497 e. The first-order valence-electron chi connectivity index (χ1n) is 7.99. The molecular weight excluding hydrogens is 350 g/mol. The van der Waals surface area contributed by atoms with Crippen molar-refractivity contribution in [1.29, 1.82) is 0 Å². The van der Waals surface area contributed by atoms with Crippen LogP contribution in [0.1, 0.15) is 15.9 Å². The Hall–Kier alpha value is -3.05. The van der Waals surface area contributed by atoms with Gasteiger partial charge in [0.05, 0.1) is 24.6 Å². The number of amides is 1. The lowest BCUT2D eigenvalue weighted by Crippen LogP contribution is -2.13. The van der Waals surface area contributed by atoms with Crippen LogP contribution < -0.4 is 15.4 Å². The van der Waals surface area contributed by atoms with Crippen LogP contribution in [0.3, 0.4) is 0 Å². The molecule has 0 aliphatic rings. The van der Waals surface area contributed by atoms with E-state index in [4.69, 9.17) is 16.3 Å². The van der Waals surface area contributed by atoms with Crippen molar-refractivity contribution >= 4 is 34.6 Å². The molecule has 0 unspecified atom stereocenters. The van der Waals surface area contributed by atoms with Crippen molar-refractivity contribution in [3.05, 3.63) is 77.1 Å². The fraction of sp³-hybridized carbons (Fsp3) is 0.100. The average molecular weight is 368 g/mol. The van der Waals surface area contributed by atoms with Gasteiger partial charge in [-0.15, -0.1) is 0 Å². The first kappa shape index (κ1) is 17.8. The van der Waals surface area contributed by atoms with E-state index in [-0.39, 0.29) is 5.91 Å². The van der Waals surface area contributed by atoms with E-state index in [2.05, 4.69) is 15.6 Å². The van der Waals surface area contributed by atoms with Crippen LogP contribution in [-0.4, -0.2) is 18.0 Å². The Balaban J connectivity index is 1.75. The Kier molecular flexibility index (Phi) is 5.39. The van der Waals surface area contributed by atoms with E-state index in [9.17, 15) is 4.79 Å². The highest BCUT2D eigenvalue weighted by Crippen LogP contribution is 2.24. The number of aromatic nitrogens is 1. The van der Waals surface area contributed by atoms with Gasteiger partial charge >= 0.3 is 0 Å². The molecular formula is C20H18ClN3O2. The number of methoxy groups -OCH3 is 1. The molecule has 0 radical (unpaired) electrons. The van der Waals surface area contributed by atoms with Gasteiger partial charge in [-0.2, -0.15) is 0 Å². The zero-order valence-corrected chi connectivity index (χ0v) is 15.2. The predicted octanol–water partition coefficient (Wildman–Crippen LogP) is 5.05. The minimum atomic E-state index is -0.249. The number of carbonyl (C=O) groups excluding carboxylic acids is 1. The monoisotopic (exact) mass is 367 g/mol. The standard InChI is InChI=1S/C20H18ClN3O2/c1-13-18(21)4-3-5-19(13)24-20(25)14-10-16(12-22-11-14)23-15-6-8-17(26-2)9-7-15/h3-12,23H,1-2H3,(H,24,25). The molecule has 2 N–H and O–H groups in total. The summed E-state index contributed by atoms with van der Waals surface area (Å²) in [6.45, 7) is 1.86. The third-order valence-electron chi connectivity index (χ3n) is 3.90. The van der Waals surface area contributed by atoms with Crippen LogP contribution in [0.4, 0.5) is 17.1 Å². The Morgan fingerprint density at radius 1 is 1.08 bits per heavy atom. The lowest BCUT2D eigenvalue weighted by atomic mass is 10.2. The molecule has 0 saturated heterocycles. The van der Waals surface area contributed by atoms with Crippen molar-refractivity contribution in [3.8, 4) is 5.75 Å². The molecule has 1 amide bonds. The molecule has 3 rings (SSSR count). The number of pyridine rings is 1. The fourth-order valence-corrected chi connectivity index (χ4v) is 2.59. The van der Waals surface area contributed by atoms with Gasteiger partial charge in [0.15, 0.2) is 0 Å². The molecule has 1 heterocycles. The van der Waals surface area contributed by atoms with Gasteiger partial charge in [0, 0.05) is 22.6 Å². The van der Waals surface area contributed by atoms with Crippen LogP contribution in [0, 0.1) is 6.92 Å². The third-order valence-corrected chi connectivity index (χ3v) is 4.30. The number of hydrogen-bond acceptors (Lipinski definition) is 4. The molecule has 0 aliphatic heterocycles. The quantitative estimate of drug-likeness (QED) is 0.662. The molecule has 1 aromatic heterocycles. The second-order valence-corrected chi connectivity index (χ2v) is 6.09. The summed E-state index contributed by atoms with van der Waals surface area (Å²) >= 11 is 6.10. The number of rotatable bonds is 5. The van der Waals surface area contributed by atoms with E-state index in [1.54, 1.807) is 31.5 Å². The number of benzene rings is 2. The van der Waals surface area contributed by atoms with Crippen LogP contribution in [-0.2, 0) is 0 Å². The Morgan fingerprint density at radius 3 is 2.58 bits per heavy atom. The topological polar surface area (TPSA) is 63.2 Å². The van der Waals surface area contributed by atoms with Crippen LogP contribution >= 0.6 is 11.6 Å². The Bertz CT molecular complexity index is 927. The van der Waals surface area contributed by atoms with Gasteiger partial charge in [-0.3, -0.25) is 9.78 Å². The maximum Gasteiger partial charge on any atom is 0.257 e. The van der Waals surface area contributed by atoms with Crippen LogP contribution in [0.15, 0.2) is 60.9 Å². The molecule has 0 spiro atoms. The molecule has 132 valence electrons. The first-order valence-corrected chi connectivity index (χ1v) is 8.37.